The number of benzene rings is 1. The average Bonchev–Trinajstić information content (AvgIpc) is 2.38. The first-order valence-electron chi connectivity index (χ1n) is 6.68. The zero-order valence-corrected chi connectivity index (χ0v) is 11.3. The highest BCUT2D eigenvalue weighted by Gasteiger charge is 2.07. The maximum atomic E-state index is 12.7. The molecule has 1 aromatic carbocycles. The quantitative estimate of drug-likeness (QED) is 0.659. The lowest BCUT2D eigenvalue weighted by Gasteiger charge is -2.18. The summed E-state index contributed by atoms with van der Waals surface area (Å²) in [6, 6.07) is 5.79. The van der Waals surface area contributed by atoms with Crippen molar-refractivity contribution in [2.75, 3.05) is 19.6 Å². The average molecular weight is 251 g/mol. The third-order valence-electron chi connectivity index (χ3n) is 3.03. The van der Waals surface area contributed by atoms with Gasteiger partial charge in [0, 0.05) is 12.0 Å². The lowest BCUT2D eigenvalue weighted by molar-refractivity contribution is 0.0975. The number of hydrogen-bond donors (Lipinski definition) is 0. The van der Waals surface area contributed by atoms with Gasteiger partial charge in [0.2, 0.25) is 0 Å². The van der Waals surface area contributed by atoms with Crippen molar-refractivity contribution < 1.29 is 9.18 Å². The molecule has 0 atom stereocenters. The standard InChI is InChI=1S/C15H22FNO/c1-3-11-17(4-2)12-5-6-15(18)13-7-9-14(16)10-8-13/h7-10H,3-6,11-12H2,1-2H3. The van der Waals surface area contributed by atoms with Crippen LogP contribution in [0, 0.1) is 5.82 Å². The van der Waals surface area contributed by atoms with E-state index in [1.165, 1.54) is 12.1 Å². The molecule has 0 aliphatic rings. The van der Waals surface area contributed by atoms with Crippen LogP contribution in [0.4, 0.5) is 4.39 Å². The summed E-state index contributed by atoms with van der Waals surface area (Å²) in [5.41, 5.74) is 0.606. The van der Waals surface area contributed by atoms with Gasteiger partial charge in [-0.05, 0) is 56.7 Å². The van der Waals surface area contributed by atoms with Crippen LogP contribution in [-0.4, -0.2) is 30.3 Å². The molecule has 100 valence electrons. The van der Waals surface area contributed by atoms with Crippen LogP contribution in [0.2, 0.25) is 0 Å². The van der Waals surface area contributed by atoms with Gasteiger partial charge in [0.15, 0.2) is 5.78 Å². The van der Waals surface area contributed by atoms with Crippen LogP contribution in [0.3, 0.4) is 0 Å². The number of rotatable bonds is 8. The van der Waals surface area contributed by atoms with Gasteiger partial charge in [-0.25, -0.2) is 4.39 Å². The van der Waals surface area contributed by atoms with Crippen LogP contribution in [0.1, 0.15) is 43.5 Å². The van der Waals surface area contributed by atoms with Gasteiger partial charge in [-0.1, -0.05) is 13.8 Å². The van der Waals surface area contributed by atoms with Crippen LogP contribution in [0.5, 0.6) is 0 Å². The number of carbonyl (C=O) groups is 1. The molecule has 0 fully saturated rings. The normalized spacial score (nSPS) is 10.9. The Kier molecular flexibility index (Phi) is 6.58. The molecule has 1 rings (SSSR count). The number of carbonyl (C=O) groups excluding carboxylic acids is 1. The summed E-state index contributed by atoms with van der Waals surface area (Å²) in [6.45, 7) is 7.36. The second kappa shape index (κ2) is 7.98. The maximum Gasteiger partial charge on any atom is 0.162 e. The summed E-state index contributed by atoms with van der Waals surface area (Å²) < 4.78 is 12.7. The molecule has 0 spiro atoms. The fraction of sp³-hybridized carbons (Fsp3) is 0.533. The molecular formula is C15H22FNO. The maximum absolute atomic E-state index is 12.7. The molecule has 0 amide bonds. The van der Waals surface area contributed by atoms with E-state index in [9.17, 15) is 9.18 Å². The van der Waals surface area contributed by atoms with E-state index in [0.29, 0.717) is 12.0 Å². The summed E-state index contributed by atoms with van der Waals surface area (Å²) in [4.78, 5) is 14.2. The van der Waals surface area contributed by atoms with Crippen molar-refractivity contribution in [2.24, 2.45) is 0 Å². The highest BCUT2D eigenvalue weighted by Crippen LogP contribution is 2.08. The number of hydrogen-bond acceptors (Lipinski definition) is 2. The van der Waals surface area contributed by atoms with E-state index >= 15 is 0 Å². The highest BCUT2D eigenvalue weighted by molar-refractivity contribution is 5.95. The smallest absolute Gasteiger partial charge is 0.162 e. The van der Waals surface area contributed by atoms with Crippen LogP contribution in [0.25, 0.3) is 0 Å². The zero-order valence-electron chi connectivity index (χ0n) is 11.3. The van der Waals surface area contributed by atoms with Gasteiger partial charge in [0.1, 0.15) is 5.82 Å². The molecule has 0 heterocycles. The van der Waals surface area contributed by atoms with Crippen LogP contribution >= 0.6 is 0 Å². The van der Waals surface area contributed by atoms with Crippen molar-refractivity contribution in [1.29, 1.82) is 0 Å². The second-order valence-electron chi connectivity index (χ2n) is 4.47. The van der Waals surface area contributed by atoms with Gasteiger partial charge in [0.05, 0.1) is 0 Å². The topological polar surface area (TPSA) is 20.3 Å². The van der Waals surface area contributed by atoms with Crippen LogP contribution in [-0.2, 0) is 0 Å². The summed E-state index contributed by atoms with van der Waals surface area (Å²) >= 11 is 0. The van der Waals surface area contributed by atoms with Gasteiger partial charge >= 0.3 is 0 Å². The molecule has 0 saturated heterocycles. The monoisotopic (exact) mass is 251 g/mol. The van der Waals surface area contributed by atoms with E-state index in [0.717, 1.165) is 32.5 Å². The predicted molar refractivity (Wildman–Crippen MR) is 72.4 cm³/mol. The van der Waals surface area contributed by atoms with E-state index in [1.807, 2.05) is 0 Å². The Morgan fingerprint density at radius 1 is 1.17 bits per heavy atom. The molecule has 1 aromatic rings. The molecule has 18 heavy (non-hydrogen) atoms. The minimum absolute atomic E-state index is 0.0996. The Morgan fingerprint density at radius 3 is 2.39 bits per heavy atom. The molecule has 0 aliphatic heterocycles. The van der Waals surface area contributed by atoms with Crippen molar-refractivity contribution in [3.63, 3.8) is 0 Å². The van der Waals surface area contributed by atoms with Gasteiger partial charge in [-0.15, -0.1) is 0 Å². The minimum Gasteiger partial charge on any atom is -0.304 e. The lowest BCUT2D eigenvalue weighted by Crippen LogP contribution is -2.25. The molecular weight excluding hydrogens is 229 g/mol. The molecule has 0 N–H and O–H groups in total. The van der Waals surface area contributed by atoms with Crippen LogP contribution < -0.4 is 0 Å². The van der Waals surface area contributed by atoms with E-state index in [-0.39, 0.29) is 11.6 Å². The molecule has 0 bridgehead atoms. The van der Waals surface area contributed by atoms with Crippen molar-refractivity contribution >= 4 is 5.78 Å². The highest BCUT2D eigenvalue weighted by atomic mass is 19.1. The number of nitrogens with zero attached hydrogens (tertiary/aromatic N) is 1. The van der Waals surface area contributed by atoms with Gasteiger partial charge in [-0.2, -0.15) is 0 Å². The third kappa shape index (κ3) is 4.96. The van der Waals surface area contributed by atoms with Crippen molar-refractivity contribution in [2.45, 2.75) is 33.1 Å². The number of Topliss-reactive ketones (excluding diaryl/α,β-unsaturated/α-hetero) is 1. The van der Waals surface area contributed by atoms with E-state index in [4.69, 9.17) is 0 Å². The van der Waals surface area contributed by atoms with Crippen molar-refractivity contribution in [3.05, 3.63) is 35.6 Å². The largest absolute Gasteiger partial charge is 0.304 e. The Bertz CT molecular complexity index is 361. The lowest BCUT2D eigenvalue weighted by atomic mass is 10.1. The van der Waals surface area contributed by atoms with E-state index in [2.05, 4.69) is 18.7 Å². The molecule has 0 aliphatic carbocycles. The first-order valence-corrected chi connectivity index (χ1v) is 6.68. The first-order chi connectivity index (χ1) is 8.67. The Hall–Kier alpha value is -1.22. The number of halogens is 1. The van der Waals surface area contributed by atoms with E-state index in [1.54, 1.807) is 12.1 Å². The van der Waals surface area contributed by atoms with Crippen molar-refractivity contribution in [1.82, 2.24) is 4.90 Å². The predicted octanol–water partition coefficient (Wildman–Crippen LogP) is 3.52. The molecule has 0 aromatic heterocycles. The zero-order chi connectivity index (χ0) is 13.4. The van der Waals surface area contributed by atoms with Gasteiger partial charge in [0.25, 0.3) is 0 Å². The first kappa shape index (κ1) is 14.8. The summed E-state index contributed by atoms with van der Waals surface area (Å²) in [7, 11) is 0. The van der Waals surface area contributed by atoms with Gasteiger partial charge < -0.3 is 4.90 Å². The number of ketones is 1. The molecule has 2 nitrogen and oxygen atoms in total. The molecule has 0 saturated carbocycles. The van der Waals surface area contributed by atoms with Crippen molar-refractivity contribution in [3.8, 4) is 0 Å². The van der Waals surface area contributed by atoms with Crippen LogP contribution in [0.15, 0.2) is 24.3 Å². The minimum atomic E-state index is -0.299. The Labute approximate surface area is 109 Å². The molecule has 0 radical (unpaired) electrons. The second-order valence-corrected chi connectivity index (χ2v) is 4.47. The van der Waals surface area contributed by atoms with E-state index < -0.39 is 0 Å². The fourth-order valence-electron chi connectivity index (χ4n) is 1.99. The SMILES string of the molecule is CCCN(CC)CCCC(=O)c1ccc(F)cc1. The summed E-state index contributed by atoms with van der Waals surface area (Å²) in [6.07, 6.45) is 2.54. The fourth-order valence-corrected chi connectivity index (χ4v) is 1.99. The Morgan fingerprint density at radius 2 is 1.83 bits per heavy atom. The molecule has 0 unspecified atom stereocenters. The van der Waals surface area contributed by atoms with Gasteiger partial charge in [-0.3, -0.25) is 4.79 Å². The Balaban J connectivity index is 2.35. The molecule has 3 heteroatoms. The summed E-state index contributed by atoms with van der Waals surface area (Å²) in [5, 5.41) is 0. The third-order valence-corrected chi connectivity index (χ3v) is 3.03. The summed E-state index contributed by atoms with van der Waals surface area (Å²) in [5.74, 6) is -0.200.